The Labute approximate surface area is 220 Å². The lowest BCUT2D eigenvalue weighted by molar-refractivity contribution is 0.147. The predicted molar refractivity (Wildman–Crippen MR) is 143 cm³/mol. The minimum atomic E-state index is -0.760. The highest BCUT2D eigenvalue weighted by molar-refractivity contribution is 6.05. The van der Waals surface area contributed by atoms with E-state index < -0.39 is 23.3 Å². The van der Waals surface area contributed by atoms with E-state index in [0.717, 1.165) is 31.4 Å². The number of ether oxygens (including phenoxy) is 3. The van der Waals surface area contributed by atoms with Crippen molar-refractivity contribution < 1.29 is 27.8 Å². The van der Waals surface area contributed by atoms with Gasteiger partial charge in [0.25, 0.3) is 5.56 Å². The third-order valence-electron chi connectivity index (χ3n) is 6.57. The molecule has 0 bridgehead atoms. The zero-order valence-electron chi connectivity index (χ0n) is 22.1. The molecule has 1 fully saturated rings. The van der Waals surface area contributed by atoms with E-state index >= 15 is 0 Å². The van der Waals surface area contributed by atoms with Crippen molar-refractivity contribution in [2.75, 3.05) is 44.1 Å². The fourth-order valence-corrected chi connectivity index (χ4v) is 4.68. The molecule has 0 aliphatic carbocycles. The molecule has 0 unspecified atom stereocenters. The van der Waals surface area contributed by atoms with E-state index in [2.05, 4.69) is 5.32 Å². The van der Waals surface area contributed by atoms with Crippen molar-refractivity contribution in [1.82, 2.24) is 4.57 Å². The number of nitrogens with zero attached hydrogens (tertiary/aromatic N) is 2. The maximum Gasteiger partial charge on any atom is 0.411 e. The molecule has 204 valence electrons. The molecule has 1 N–H and O–H groups in total. The number of rotatable bonds is 8. The van der Waals surface area contributed by atoms with Crippen LogP contribution in [0.4, 0.5) is 25.0 Å². The Kier molecular flexibility index (Phi) is 8.38. The van der Waals surface area contributed by atoms with Gasteiger partial charge in [0.2, 0.25) is 0 Å². The lowest BCUT2D eigenvalue weighted by Crippen LogP contribution is -2.37. The minimum absolute atomic E-state index is 0.118. The predicted octanol–water partition coefficient (Wildman–Crippen LogP) is 5.54. The fourth-order valence-electron chi connectivity index (χ4n) is 4.68. The van der Waals surface area contributed by atoms with E-state index in [1.54, 1.807) is 12.1 Å². The van der Waals surface area contributed by atoms with Crippen molar-refractivity contribution >= 4 is 28.4 Å². The number of carbonyl (C=O) groups is 1. The summed E-state index contributed by atoms with van der Waals surface area (Å²) in [4.78, 5) is 28.9. The van der Waals surface area contributed by atoms with E-state index in [1.807, 2.05) is 18.7 Å². The van der Waals surface area contributed by atoms with Crippen molar-refractivity contribution in [2.45, 2.75) is 39.7 Å². The van der Waals surface area contributed by atoms with Gasteiger partial charge in [0.15, 0.2) is 11.5 Å². The summed E-state index contributed by atoms with van der Waals surface area (Å²) in [6.07, 6.45) is 2.04. The van der Waals surface area contributed by atoms with Crippen molar-refractivity contribution in [1.29, 1.82) is 0 Å². The van der Waals surface area contributed by atoms with Gasteiger partial charge in [-0.3, -0.25) is 10.1 Å². The Hall–Kier alpha value is -3.82. The molecule has 0 atom stereocenters. The van der Waals surface area contributed by atoms with Gasteiger partial charge in [-0.25, -0.2) is 13.6 Å². The molecule has 1 saturated heterocycles. The lowest BCUT2D eigenvalue weighted by Gasteiger charge is -2.31. The first-order valence-electron chi connectivity index (χ1n) is 12.7. The van der Waals surface area contributed by atoms with Gasteiger partial charge in [0.1, 0.15) is 17.3 Å². The second-order valence-electron chi connectivity index (χ2n) is 9.70. The monoisotopic (exact) mass is 529 g/mol. The van der Waals surface area contributed by atoms with Crippen LogP contribution in [0.5, 0.6) is 11.5 Å². The number of methoxy groups -OCH3 is 2. The van der Waals surface area contributed by atoms with Crippen LogP contribution in [0.3, 0.4) is 0 Å². The summed E-state index contributed by atoms with van der Waals surface area (Å²) in [5, 5.41) is 3.23. The van der Waals surface area contributed by atoms with E-state index in [-0.39, 0.29) is 36.0 Å². The van der Waals surface area contributed by atoms with Gasteiger partial charge in [-0.2, -0.15) is 0 Å². The Morgan fingerprint density at radius 2 is 1.66 bits per heavy atom. The summed E-state index contributed by atoms with van der Waals surface area (Å²) < 4.78 is 47.1. The van der Waals surface area contributed by atoms with Gasteiger partial charge in [0.05, 0.1) is 38.6 Å². The van der Waals surface area contributed by atoms with Gasteiger partial charge in [-0.15, -0.1) is 0 Å². The van der Waals surface area contributed by atoms with Crippen LogP contribution in [0.2, 0.25) is 0 Å². The number of fused-ring (bicyclic) bond motifs is 1. The highest BCUT2D eigenvalue weighted by Crippen LogP contribution is 2.39. The summed E-state index contributed by atoms with van der Waals surface area (Å²) in [6.45, 7) is 4.87. The summed E-state index contributed by atoms with van der Waals surface area (Å²) >= 11 is 0. The molecular formula is C28H33F2N3O5. The van der Waals surface area contributed by atoms with Gasteiger partial charge in [0, 0.05) is 30.1 Å². The molecular weight excluding hydrogens is 496 g/mol. The van der Waals surface area contributed by atoms with Crippen LogP contribution < -0.4 is 25.2 Å². The second kappa shape index (κ2) is 11.7. The van der Waals surface area contributed by atoms with Crippen LogP contribution in [0, 0.1) is 17.6 Å². The number of piperidine rings is 1. The summed E-state index contributed by atoms with van der Waals surface area (Å²) in [5.74, 6) is -0.715. The number of aromatic nitrogens is 1. The molecule has 2 heterocycles. The van der Waals surface area contributed by atoms with Gasteiger partial charge >= 0.3 is 6.09 Å². The summed E-state index contributed by atoms with van der Waals surface area (Å²) in [6, 6.07) is 6.80. The number of nitrogens with one attached hydrogen (secondary N) is 1. The molecule has 38 heavy (non-hydrogen) atoms. The van der Waals surface area contributed by atoms with Crippen LogP contribution in [0.15, 0.2) is 35.1 Å². The maximum atomic E-state index is 14.7. The van der Waals surface area contributed by atoms with Gasteiger partial charge in [-0.05, 0) is 43.4 Å². The Balaban J connectivity index is 2.01. The maximum absolute atomic E-state index is 14.7. The van der Waals surface area contributed by atoms with Crippen LogP contribution in [-0.4, -0.2) is 44.6 Å². The van der Waals surface area contributed by atoms with Crippen LogP contribution in [-0.2, 0) is 11.3 Å². The molecule has 1 aromatic heterocycles. The Morgan fingerprint density at radius 3 is 2.26 bits per heavy atom. The largest absolute Gasteiger partial charge is 0.493 e. The molecule has 8 nitrogen and oxygen atoms in total. The van der Waals surface area contributed by atoms with Crippen molar-refractivity contribution in [3.63, 3.8) is 0 Å². The molecule has 2 aromatic carbocycles. The SMILES string of the molecule is COc1cc2c(NC(=O)OCC(C)C)c(N3CCCCC3)c(=O)n(Cc3c(F)cccc3F)c2cc1OC. The summed E-state index contributed by atoms with van der Waals surface area (Å²) in [5.41, 5.74) is 0.0746. The van der Waals surface area contributed by atoms with E-state index in [4.69, 9.17) is 14.2 Å². The molecule has 4 rings (SSSR count). The third kappa shape index (κ3) is 5.54. The van der Waals surface area contributed by atoms with Gasteiger partial charge in [-0.1, -0.05) is 19.9 Å². The average Bonchev–Trinajstić information content (AvgIpc) is 2.91. The standard InChI is InChI=1S/C28H33F2N3O5/c1-17(2)16-38-28(35)31-25-18-13-23(36-3)24(37-4)14-22(18)33(15-19-20(29)9-8-10-21(19)30)27(34)26(25)32-11-6-5-7-12-32/h8-10,13-14,17H,5-7,11-12,15-16H2,1-4H3,(H,31,35). The molecule has 10 heteroatoms. The lowest BCUT2D eigenvalue weighted by atomic mass is 10.1. The second-order valence-corrected chi connectivity index (χ2v) is 9.70. The highest BCUT2D eigenvalue weighted by Gasteiger charge is 2.27. The first-order chi connectivity index (χ1) is 18.2. The average molecular weight is 530 g/mol. The van der Waals surface area contributed by atoms with E-state index in [1.165, 1.54) is 24.9 Å². The molecule has 1 aliphatic heterocycles. The summed E-state index contributed by atoms with van der Waals surface area (Å²) in [7, 11) is 2.93. The number of hydrogen-bond donors (Lipinski definition) is 1. The Bertz CT molecular complexity index is 1360. The fraction of sp³-hybridized carbons (Fsp3) is 0.429. The van der Waals surface area contributed by atoms with E-state index in [9.17, 15) is 18.4 Å². The quantitative estimate of drug-likeness (QED) is 0.413. The minimum Gasteiger partial charge on any atom is -0.493 e. The zero-order chi connectivity index (χ0) is 27.4. The molecule has 0 saturated carbocycles. The van der Waals surface area contributed by atoms with E-state index in [0.29, 0.717) is 35.5 Å². The number of hydrogen-bond acceptors (Lipinski definition) is 6. The molecule has 0 spiro atoms. The van der Waals surface area contributed by atoms with Crippen LogP contribution in [0.1, 0.15) is 38.7 Å². The Morgan fingerprint density at radius 1 is 1.03 bits per heavy atom. The number of halogens is 2. The van der Waals surface area contributed by atoms with Crippen molar-refractivity contribution in [2.24, 2.45) is 5.92 Å². The zero-order valence-corrected chi connectivity index (χ0v) is 22.1. The molecule has 0 radical (unpaired) electrons. The smallest absolute Gasteiger partial charge is 0.411 e. The number of benzene rings is 2. The highest BCUT2D eigenvalue weighted by atomic mass is 19.1. The molecule has 1 aliphatic rings. The van der Waals surface area contributed by atoms with Gasteiger partial charge < -0.3 is 23.7 Å². The first kappa shape index (κ1) is 27.2. The molecule has 1 amide bonds. The number of amides is 1. The number of anilines is 2. The molecule has 3 aromatic rings. The third-order valence-corrected chi connectivity index (χ3v) is 6.57. The van der Waals surface area contributed by atoms with Crippen molar-refractivity contribution in [3.8, 4) is 11.5 Å². The topological polar surface area (TPSA) is 82.0 Å². The first-order valence-corrected chi connectivity index (χ1v) is 12.7. The number of carbonyl (C=O) groups excluding carboxylic acids is 1. The normalized spacial score (nSPS) is 13.6. The van der Waals surface area contributed by atoms with Crippen molar-refractivity contribution in [3.05, 3.63) is 57.9 Å². The number of pyridine rings is 1. The van der Waals surface area contributed by atoms with Crippen LogP contribution >= 0.6 is 0 Å². The van der Waals surface area contributed by atoms with Crippen LogP contribution in [0.25, 0.3) is 10.9 Å².